The highest BCUT2D eigenvalue weighted by Gasteiger charge is 2.16. The molecule has 0 amide bonds. The zero-order valence-electron chi connectivity index (χ0n) is 12.2. The zero-order valence-corrected chi connectivity index (χ0v) is 12.2. The van der Waals surface area contributed by atoms with Crippen LogP contribution in [-0.2, 0) is 0 Å². The molecule has 1 saturated carbocycles. The Morgan fingerprint density at radius 3 is 2.32 bits per heavy atom. The first-order valence-corrected chi connectivity index (χ1v) is 7.65. The van der Waals surface area contributed by atoms with Crippen molar-refractivity contribution in [3.05, 3.63) is 35.4 Å². The third kappa shape index (κ3) is 4.32. The minimum atomic E-state index is -0.386. The van der Waals surface area contributed by atoms with E-state index >= 15 is 0 Å². The SMILES string of the molecule is CC(C)c1ccc(C(O)CNCCC2CCC2)cc1. The van der Waals surface area contributed by atoms with Gasteiger partial charge in [-0.15, -0.1) is 0 Å². The van der Waals surface area contributed by atoms with Gasteiger partial charge in [0.2, 0.25) is 0 Å². The Kier molecular flexibility index (Phi) is 5.41. The molecule has 106 valence electrons. The van der Waals surface area contributed by atoms with E-state index in [0.29, 0.717) is 12.5 Å². The molecule has 0 heterocycles. The van der Waals surface area contributed by atoms with Crippen molar-refractivity contribution in [2.45, 2.75) is 51.6 Å². The first-order chi connectivity index (χ1) is 9.16. The van der Waals surface area contributed by atoms with Gasteiger partial charge < -0.3 is 10.4 Å². The van der Waals surface area contributed by atoms with Gasteiger partial charge in [-0.2, -0.15) is 0 Å². The first-order valence-electron chi connectivity index (χ1n) is 7.65. The highest BCUT2D eigenvalue weighted by Crippen LogP contribution is 2.28. The van der Waals surface area contributed by atoms with Gasteiger partial charge in [0.25, 0.3) is 0 Å². The maximum atomic E-state index is 10.1. The van der Waals surface area contributed by atoms with E-state index in [-0.39, 0.29) is 6.10 Å². The molecule has 2 rings (SSSR count). The van der Waals surface area contributed by atoms with Crippen molar-refractivity contribution in [3.63, 3.8) is 0 Å². The number of nitrogens with one attached hydrogen (secondary N) is 1. The lowest BCUT2D eigenvalue weighted by Gasteiger charge is -2.25. The number of hydrogen-bond acceptors (Lipinski definition) is 2. The van der Waals surface area contributed by atoms with Gasteiger partial charge >= 0.3 is 0 Å². The van der Waals surface area contributed by atoms with Crippen LogP contribution in [-0.4, -0.2) is 18.2 Å². The average Bonchev–Trinajstić information content (AvgIpc) is 2.36. The third-order valence-electron chi connectivity index (χ3n) is 4.28. The Bertz CT molecular complexity index is 367. The summed E-state index contributed by atoms with van der Waals surface area (Å²) >= 11 is 0. The molecule has 1 aliphatic rings. The summed E-state index contributed by atoms with van der Waals surface area (Å²) in [7, 11) is 0. The molecular weight excluding hydrogens is 234 g/mol. The highest BCUT2D eigenvalue weighted by molar-refractivity contribution is 5.26. The van der Waals surface area contributed by atoms with Crippen LogP contribution in [0.3, 0.4) is 0 Å². The van der Waals surface area contributed by atoms with E-state index in [1.807, 2.05) is 12.1 Å². The molecule has 0 radical (unpaired) electrons. The van der Waals surface area contributed by atoms with Crippen molar-refractivity contribution in [2.24, 2.45) is 5.92 Å². The monoisotopic (exact) mass is 261 g/mol. The number of aliphatic hydroxyl groups is 1. The molecule has 2 N–H and O–H groups in total. The molecule has 0 bridgehead atoms. The van der Waals surface area contributed by atoms with E-state index in [1.54, 1.807) is 0 Å². The fourth-order valence-electron chi connectivity index (χ4n) is 2.55. The molecule has 2 heteroatoms. The molecule has 0 aromatic heterocycles. The van der Waals surface area contributed by atoms with Gasteiger partial charge in [0.1, 0.15) is 0 Å². The summed E-state index contributed by atoms with van der Waals surface area (Å²) in [5.74, 6) is 1.49. The smallest absolute Gasteiger partial charge is 0.0914 e. The van der Waals surface area contributed by atoms with E-state index in [1.165, 1.54) is 31.2 Å². The third-order valence-corrected chi connectivity index (χ3v) is 4.28. The van der Waals surface area contributed by atoms with Crippen LogP contribution in [0.25, 0.3) is 0 Å². The Morgan fingerprint density at radius 1 is 1.16 bits per heavy atom. The predicted octanol–water partition coefficient (Wildman–Crippen LogP) is 3.62. The van der Waals surface area contributed by atoms with Gasteiger partial charge in [-0.25, -0.2) is 0 Å². The molecule has 1 atom stereocenters. The lowest BCUT2D eigenvalue weighted by Crippen LogP contribution is -2.25. The van der Waals surface area contributed by atoms with E-state index in [9.17, 15) is 5.11 Å². The van der Waals surface area contributed by atoms with Gasteiger partial charge in [-0.1, -0.05) is 57.4 Å². The molecule has 1 aliphatic carbocycles. The highest BCUT2D eigenvalue weighted by atomic mass is 16.3. The molecule has 1 unspecified atom stereocenters. The van der Waals surface area contributed by atoms with Gasteiger partial charge in [0.05, 0.1) is 6.10 Å². The summed E-state index contributed by atoms with van der Waals surface area (Å²) in [5, 5.41) is 13.5. The summed E-state index contributed by atoms with van der Waals surface area (Å²) < 4.78 is 0. The molecule has 19 heavy (non-hydrogen) atoms. The lowest BCUT2D eigenvalue weighted by atomic mass is 9.83. The number of aliphatic hydroxyl groups excluding tert-OH is 1. The van der Waals surface area contributed by atoms with E-state index in [2.05, 4.69) is 31.3 Å². The maximum Gasteiger partial charge on any atom is 0.0914 e. The maximum absolute atomic E-state index is 10.1. The van der Waals surface area contributed by atoms with Gasteiger partial charge in [-0.3, -0.25) is 0 Å². The molecule has 0 aliphatic heterocycles. The minimum absolute atomic E-state index is 0.386. The normalized spacial score (nSPS) is 17.5. The van der Waals surface area contributed by atoms with Gasteiger partial charge in [-0.05, 0) is 35.9 Å². The summed E-state index contributed by atoms with van der Waals surface area (Å²) in [6, 6.07) is 8.34. The van der Waals surface area contributed by atoms with Crippen LogP contribution in [0.1, 0.15) is 62.7 Å². The van der Waals surface area contributed by atoms with Crippen LogP contribution in [0.5, 0.6) is 0 Å². The topological polar surface area (TPSA) is 32.3 Å². The fraction of sp³-hybridized carbons (Fsp3) is 0.647. The molecule has 1 aromatic carbocycles. The summed E-state index contributed by atoms with van der Waals surface area (Å²) in [5.41, 5.74) is 2.34. The zero-order chi connectivity index (χ0) is 13.7. The lowest BCUT2D eigenvalue weighted by molar-refractivity contribution is 0.172. The van der Waals surface area contributed by atoms with E-state index in [0.717, 1.165) is 18.0 Å². The van der Waals surface area contributed by atoms with Crippen molar-refractivity contribution < 1.29 is 5.11 Å². The van der Waals surface area contributed by atoms with E-state index < -0.39 is 0 Å². The largest absolute Gasteiger partial charge is 0.387 e. The number of rotatable bonds is 7. The minimum Gasteiger partial charge on any atom is -0.387 e. The van der Waals surface area contributed by atoms with Crippen molar-refractivity contribution in [1.82, 2.24) is 5.32 Å². The summed E-state index contributed by atoms with van der Waals surface area (Å²) in [6.07, 6.45) is 5.10. The van der Waals surface area contributed by atoms with Crippen molar-refractivity contribution in [2.75, 3.05) is 13.1 Å². The fourth-order valence-corrected chi connectivity index (χ4v) is 2.55. The molecule has 0 saturated heterocycles. The van der Waals surface area contributed by atoms with Crippen molar-refractivity contribution in [1.29, 1.82) is 0 Å². The molecule has 1 fully saturated rings. The number of benzene rings is 1. The molecular formula is C17H27NO. The second-order valence-electron chi connectivity index (χ2n) is 6.13. The van der Waals surface area contributed by atoms with Crippen LogP contribution in [0.2, 0.25) is 0 Å². The van der Waals surface area contributed by atoms with Crippen LogP contribution < -0.4 is 5.32 Å². The van der Waals surface area contributed by atoms with Crippen LogP contribution in [0.4, 0.5) is 0 Å². The predicted molar refractivity (Wildman–Crippen MR) is 80.3 cm³/mol. The Balaban J connectivity index is 1.70. The molecule has 1 aromatic rings. The number of hydrogen-bond donors (Lipinski definition) is 2. The standard InChI is InChI=1S/C17H27NO/c1-13(2)15-6-8-16(9-7-15)17(19)12-18-11-10-14-4-3-5-14/h6-9,13-14,17-19H,3-5,10-12H2,1-2H3. The van der Waals surface area contributed by atoms with Crippen LogP contribution in [0, 0.1) is 5.92 Å². The Hall–Kier alpha value is -0.860. The quantitative estimate of drug-likeness (QED) is 0.735. The first kappa shape index (κ1) is 14.5. The van der Waals surface area contributed by atoms with Crippen LogP contribution >= 0.6 is 0 Å². The van der Waals surface area contributed by atoms with Crippen LogP contribution in [0.15, 0.2) is 24.3 Å². The molecule has 2 nitrogen and oxygen atoms in total. The van der Waals surface area contributed by atoms with Crippen molar-refractivity contribution >= 4 is 0 Å². The second-order valence-corrected chi connectivity index (χ2v) is 6.13. The Labute approximate surface area is 117 Å². The van der Waals surface area contributed by atoms with Gasteiger partial charge in [0.15, 0.2) is 0 Å². The van der Waals surface area contributed by atoms with E-state index in [4.69, 9.17) is 0 Å². The summed E-state index contributed by atoms with van der Waals surface area (Å²) in [6.45, 7) is 6.07. The molecule has 0 spiro atoms. The average molecular weight is 261 g/mol. The summed E-state index contributed by atoms with van der Waals surface area (Å²) in [4.78, 5) is 0. The van der Waals surface area contributed by atoms with Crippen molar-refractivity contribution in [3.8, 4) is 0 Å². The Morgan fingerprint density at radius 2 is 1.79 bits per heavy atom. The second kappa shape index (κ2) is 7.06. The van der Waals surface area contributed by atoms with Gasteiger partial charge in [0, 0.05) is 6.54 Å².